The summed E-state index contributed by atoms with van der Waals surface area (Å²) >= 11 is 0. The van der Waals surface area contributed by atoms with Crippen molar-refractivity contribution in [2.75, 3.05) is 13.6 Å². The molecule has 0 aliphatic heterocycles. The van der Waals surface area contributed by atoms with E-state index >= 15 is 0 Å². The SMILES string of the molecule is CC(CCCN)C(=O)N(C)C1CCCCC1C. The average molecular weight is 240 g/mol. The summed E-state index contributed by atoms with van der Waals surface area (Å²) in [4.78, 5) is 14.3. The standard InChI is InChI=1S/C14H28N2O/c1-11-7-4-5-9-13(11)16(3)14(17)12(2)8-6-10-15/h11-13H,4-10,15H2,1-3H3. The summed E-state index contributed by atoms with van der Waals surface area (Å²) < 4.78 is 0. The number of hydrogen-bond donors (Lipinski definition) is 1. The van der Waals surface area contributed by atoms with Gasteiger partial charge in [0.1, 0.15) is 0 Å². The van der Waals surface area contributed by atoms with Crippen LogP contribution in [0.3, 0.4) is 0 Å². The fourth-order valence-electron chi connectivity index (χ4n) is 2.93. The van der Waals surface area contributed by atoms with Gasteiger partial charge < -0.3 is 10.6 Å². The van der Waals surface area contributed by atoms with Gasteiger partial charge in [-0.3, -0.25) is 4.79 Å². The van der Waals surface area contributed by atoms with E-state index in [0.29, 0.717) is 24.4 Å². The number of amides is 1. The molecule has 1 aliphatic carbocycles. The molecule has 2 N–H and O–H groups in total. The molecule has 0 bridgehead atoms. The van der Waals surface area contributed by atoms with Crippen molar-refractivity contribution in [3.05, 3.63) is 0 Å². The molecule has 1 aliphatic rings. The second-order valence-corrected chi connectivity index (χ2v) is 5.61. The van der Waals surface area contributed by atoms with E-state index in [4.69, 9.17) is 5.73 Å². The van der Waals surface area contributed by atoms with Gasteiger partial charge in [-0.1, -0.05) is 26.7 Å². The summed E-state index contributed by atoms with van der Waals surface area (Å²) in [7, 11) is 1.98. The van der Waals surface area contributed by atoms with E-state index < -0.39 is 0 Å². The maximum absolute atomic E-state index is 12.3. The van der Waals surface area contributed by atoms with Gasteiger partial charge in [-0.25, -0.2) is 0 Å². The molecule has 3 nitrogen and oxygen atoms in total. The third-order valence-electron chi connectivity index (χ3n) is 4.17. The van der Waals surface area contributed by atoms with Crippen LogP contribution in [0.5, 0.6) is 0 Å². The molecule has 0 spiro atoms. The Bertz CT molecular complexity index is 242. The van der Waals surface area contributed by atoms with Gasteiger partial charge in [0, 0.05) is 19.0 Å². The van der Waals surface area contributed by atoms with Gasteiger partial charge in [-0.2, -0.15) is 0 Å². The lowest BCUT2D eigenvalue weighted by Crippen LogP contribution is -2.44. The van der Waals surface area contributed by atoms with Crippen molar-refractivity contribution in [2.24, 2.45) is 17.6 Å². The molecule has 0 aromatic rings. The Hall–Kier alpha value is -0.570. The first-order valence-electron chi connectivity index (χ1n) is 7.04. The van der Waals surface area contributed by atoms with Crippen molar-refractivity contribution in [2.45, 2.75) is 58.4 Å². The summed E-state index contributed by atoms with van der Waals surface area (Å²) in [6, 6.07) is 0.455. The van der Waals surface area contributed by atoms with E-state index in [0.717, 1.165) is 12.8 Å². The predicted molar refractivity (Wildman–Crippen MR) is 71.6 cm³/mol. The molecule has 0 aromatic carbocycles. The predicted octanol–water partition coefficient (Wildman–Crippen LogP) is 2.40. The molecular weight excluding hydrogens is 212 g/mol. The van der Waals surface area contributed by atoms with Crippen LogP contribution in [0.2, 0.25) is 0 Å². The highest BCUT2D eigenvalue weighted by molar-refractivity contribution is 5.78. The van der Waals surface area contributed by atoms with E-state index in [1.165, 1.54) is 25.7 Å². The van der Waals surface area contributed by atoms with Crippen LogP contribution in [0.15, 0.2) is 0 Å². The van der Waals surface area contributed by atoms with Gasteiger partial charge in [0.25, 0.3) is 0 Å². The minimum absolute atomic E-state index is 0.123. The van der Waals surface area contributed by atoms with Crippen molar-refractivity contribution >= 4 is 5.91 Å². The fraction of sp³-hybridized carbons (Fsp3) is 0.929. The molecular formula is C14H28N2O. The first-order chi connectivity index (χ1) is 8.07. The highest BCUT2D eigenvalue weighted by Crippen LogP contribution is 2.28. The van der Waals surface area contributed by atoms with Gasteiger partial charge >= 0.3 is 0 Å². The first-order valence-corrected chi connectivity index (χ1v) is 7.04. The fourth-order valence-corrected chi connectivity index (χ4v) is 2.93. The van der Waals surface area contributed by atoms with Crippen LogP contribution >= 0.6 is 0 Å². The minimum atomic E-state index is 0.123. The van der Waals surface area contributed by atoms with Crippen LogP contribution in [0.25, 0.3) is 0 Å². The van der Waals surface area contributed by atoms with Crippen LogP contribution in [0, 0.1) is 11.8 Å². The lowest BCUT2D eigenvalue weighted by atomic mass is 9.84. The molecule has 0 saturated heterocycles. The van der Waals surface area contributed by atoms with Gasteiger partial charge in [0.15, 0.2) is 0 Å². The maximum Gasteiger partial charge on any atom is 0.225 e. The number of nitrogens with two attached hydrogens (primary N) is 1. The quantitative estimate of drug-likeness (QED) is 0.802. The van der Waals surface area contributed by atoms with Crippen molar-refractivity contribution < 1.29 is 4.79 Å². The molecule has 1 amide bonds. The Kier molecular flexibility index (Phi) is 5.96. The first kappa shape index (κ1) is 14.5. The molecule has 3 atom stereocenters. The zero-order valence-corrected chi connectivity index (χ0v) is 11.6. The Morgan fingerprint density at radius 2 is 2.06 bits per heavy atom. The highest BCUT2D eigenvalue weighted by Gasteiger charge is 2.29. The van der Waals surface area contributed by atoms with Crippen LogP contribution in [0.1, 0.15) is 52.4 Å². The largest absolute Gasteiger partial charge is 0.342 e. The third-order valence-corrected chi connectivity index (χ3v) is 4.17. The second kappa shape index (κ2) is 7.00. The lowest BCUT2D eigenvalue weighted by Gasteiger charge is -2.37. The van der Waals surface area contributed by atoms with Crippen LogP contribution in [-0.2, 0) is 4.79 Å². The zero-order chi connectivity index (χ0) is 12.8. The topological polar surface area (TPSA) is 46.3 Å². The van der Waals surface area contributed by atoms with Gasteiger partial charge in [-0.15, -0.1) is 0 Å². The summed E-state index contributed by atoms with van der Waals surface area (Å²) in [5.74, 6) is 1.08. The van der Waals surface area contributed by atoms with Gasteiger partial charge in [-0.05, 0) is 38.1 Å². The Balaban J connectivity index is 2.49. The molecule has 1 fully saturated rings. The van der Waals surface area contributed by atoms with E-state index in [9.17, 15) is 4.79 Å². The maximum atomic E-state index is 12.3. The molecule has 0 heterocycles. The van der Waals surface area contributed by atoms with Gasteiger partial charge in [0.2, 0.25) is 5.91 Å². The summed E-state index contributed by atoms with van der Waals surface area (Å²) in [6.07, 6.45) is 6.89. The van der Waals surface area contributed by atoms with Crippen LogP contribution in [0.4, 0.5) is 0 Å². The molecule has 3 unspecified atom stereocenters. The summed E-state index contributed by atoms with van der Waals surface area (Å²) in [5, 5.41) is 0. The van der Waals surface area contributed by atoms with E-state index in [2.05, 4.69) is 6.92 Å². The molecule has 0 aromatic heterocycles. The number of carbonyl (C=O) groups excluding carboxylic acids is 1. The van der Waals surface area contributed by atoms with E-state index in [-0.39, 0.29) is 5.92 Å². The monoisotopic (exact) mass is 240 g/mol. The molecule has 1 saturated carbocycles. The van der Waals surface area contributed by atoms with Crippen LogP contribution < -0.4 is 5.73 Å². The van der Waals surface area contributed by atoms with Crippen LogP contribution in [-0.4, -0.2) is 30.4 Å². The molecule has 17 heavy (non-hydrogen) atoms. The smallest absolute Gasteiger partial charge is 0.225 e. The number of hydrogen-bond acceptors (Lipinski definition) is 2. The normalized spacial score (nSPS) is 26.6. The number of carbonyl (C=O) groups is 1. The molecule has 3 heteroatoms. The second-order valence-electron chi connectivity index (χ2n) is 5.61. The Morgan fingerprint density at radius 3 is 2.65 bits per heavy atom. The minimum Gasteiger partial charge on any atom is -0.342 e. The van der Waals surface area contributed by atoms with Gasteiger partial charge in [0.05, 0.1) is 0 Å². The average Bonchev–Trinajstić information content (AvgIpc) is 2.34. The summed E-state index contributed by atoms with van der Waals surface area (Å²) in [5.41, 5.74) is 5.49. The Morgan fingerprint density at radius 1 is 1.41 bits per heavy atom. The van der Waals surface area contributed by atoms with E-state index in [1.807, 2.05) is 18.9 Å². The molecule has 100 valence electrons. The number of nitrogens with zero attached hydrogens (tertiary/aromatic N) is 1. The summed E-state index contributed by atoms with van der Waals surface area (Å²) in [6.45, 7) is 4.99. The van der Waals surface area contributed by atoms with Crippen molar-refractivity contribution in [3.8, 4) is 0 Å². The molecule has 1 rings (SSSR count). The van der Waals surface area contributed by atoms with Crippen molar-refractivity contribution in [1.82, 2.24) is 4.90 Å². The van der Waals surface area contributed by atoms with E-state index in [1.54, 1.807) is 0 Å². The highest BCUT2D eigenvalue weighted by atomic mass is 16.2. The Labute approximate surface area is 106 Å². The zero-order valence-electron chi connectivity index (χ0n) is 11.6. The molecule has 0 radical (unpaired) electrons. The lowest BCUT2D eigenvalue weighted by molar-refractivity contribution is -0.137. The van der Waals surface area contributed by atoms with Crippen molar-refractivity contribution in [3.63, 3.8) is 0 Å². The third kappa shape index (κ3) is 3.98. The number of rotatable bonds is 5. The van der Waals surface area contributed by atoms with Crippen molar-refractivity contribution in [1.29, 1.82) is 0 Å².